The minimum absolute atomic E-state index is 0.258. The zero-order valence-corrected chi connectivity index (χ0v) is 8.58. The summed E-state index contributed by atoms with van der Waals surface area (Å²) in [7, 11) is 1.52. The Hall–Kier alpha value is -0.740. The SMILES string of the molecule is COc1cc(F)c2cc(S)sc2c1. The van der Waals surface area contributed by atoms with Crippen molar-refractivity contribution < 1.29 is 9.13 Å². The highest BCUT2D eigenvalue weighted by Gasteiger charge is 2.06. The van der Waals surface area contributed by atoms with Gasteiger partial charge < -0.3 is 4.74 Å². The molecule has 1 nitrogen and oxygen atoms in total. The van der Waals surface area contributed by atoms with Crippen molar-refractivity contribution in [1.82, 2.24) is 0 Å². The topological polar surface area (TPSA) is 9.23 Å². The summed E-state index contributed by atoms with van der Waals surface area (Å²) in [4.78, 5) is 0. The first-order chi connectivity index (χ1) is 6.20. The molecule has 13 heavy (non-hydrogen) atoms. The number of halogens is 1. The van der Waals surface area contributed by atoms with Gasteiger partial charge >= 0.3 is 0 Å². The van der Waals surface area contributed by atoms with Gasteiger partial charge in [-0.3, -0.25) is 0 Å². The normalized spacial score (nSPS) is 10.7. The highest BCUT2D eigenvalue weighted by molar-refractivity contribution is 7.83. The minimum Gasteiger partial charge on any atom is -0.497 e. The van der Waals surface area contributed by atoms with E-state index >= 15 is 0 Å². The van der Waals surface area contributed by atoms with Crippen molar-refractivity contribution in [3.05, 3.63) is 24.0 Å². The fraction of sp³-hybridized carbons (Fsp3) is 0.111. The van der Waals surface area contributed by atoms with Crippen LogP contribution in [0.5, 0.6) is 5.75 Å². The van der Waals surface area contributed by atoms with Gasteiger partial charge in [-0.1, -0.05) is 0 Å². The quantitative estimate of drug-likeness (QED) is 0.716. The molecular formula is C9H7FOS2. The molecule has 0 spiro atoms. The van der Waals surface area contributed by atoms with E-state index in [1.807, 2.05) is 6.07 Å². The molecule has 0 amide bonds. The second kappa shape index (κ2) is 3.20. The van der Waals surface area contributed by atoms with E-state index in [2.05, 4.69) is 12.6 Å². The van der Waals surface area contributed by atoms with E-state index in [-0.39, 0.29) is 5.82 Å². The molecule has 1 aromatic carbocycles. The van der Waals surface area contributed by atoms with E-state index in [1.165, 1.54) is 24.5 Å². The van der Waals surface area contributed by atoms with Crippen LogP contribution < -0.4 is 4.74 Å². The molecule has 0 aliphatic rings. The van der Waals surface area contributed by atoms with Crippen LogP contribution in [0, 0.1) is 5.82 Å². The fourth-order valence-electron chi connectivity index (χ4n) is 1.18. The molecule has 0 N–H and O–H groups in total. The summed E-state index contributed by atoms with van der Waals surface area (Å²) in [5.74, 6) is 0.283. The lowest BCUT2D eigenvalue weighted by molar-refractivity contribution is 0.412. The summed E-state index contributed by atoms with van der Waals surface area (Å²) in [5, 5.41) is 0.607. The zero-order chi connectivity index (χ0) is 9.42. The van der Waals surface area contributed by atoms with Crippen LogP contribution in [0.15, 0.2) is 22.4 Å². The van der Waals surface area contributed by atoms with Gasteiger partial charge in [-0.25, -0.2) is 4.39 Å². The van der Waals surface area contributed by atoms with Crippen LogP contribution in [0.25, 0.3) is 10.1 Å². The van der Waals surface area contributed by atoms with E-state index in [9.17, 15) is 4.39 Å². The van der Waals surface area contributed by atoms with Crippen LogP contribution in [0.1, 0.15) is 0 Å². The lowest BCUT2D eigenvalue weighted by Crippen LogP contribution is -1.83. The molecule has 2 aromatic rings. The maximum atomic E-state index is 13.3. The predicted octanol–water partition coefficient (Wildman–Crippen LogP) is 3.34. The van der Waals surface area contributed by atoms with Gasteiger partial charge in [0.05, 0.1) is 11.3 Å². The van der Waals surface area contributed by atoms with Gasteiger partial charge in [-0.05, 0) is 12.1 Å². The summed E-state index contributed by atoms with van der Waals surface area (Å²) in [6.07, 6.45) is 0. The number of hydrogen-bond acceptors (Lipinski definition) is 3. The third-order valence-corrected chi connectivity index (χ3v) is 3.07. The van der Waals surface area contributed by atoms with Gasteiger partial charge in [0.2, 0.25) is 0 Å². The van der Waals surface area contributed by atoms with Crippen molar-refractivity contribution in [1.29, 1.82) is 0 Å². The largest absolute Gasteiger partial charge is 0.497 e. The van der Waals surface area contributed by atoms with E-state index in [0.717, 1.165) is 8.91 Å². The van der Waals surface area contributed by atoms with Crippen LogP contribution in [0.4, 0.5) is 4.39 Å². The molecule has 0 unspecified atom stereocenters. The maximum absolute atomic E-state index is 13.3. The molecule has 4 heteroatoms. The van der Waals surface area contributed by atoms with Crippen LogP contribution >= 0.6 is 24.0 Å². The summed E-state index contributed by atoms with van der Waals surface area (Å²) >= 11 is 5.60. The number of ether oxygens (including phenoxy) is 1. The summed E-state index contributed by atoms with van der Waals surface area (Å²) in [6.45, 7) is 0. The smallest absolute Gasteiger partial charge is 0.135 e. The molecule has 0 aliphatic carbocycles. The van der Waals surface area contributed by atoms with Gasteiger partial charge in [0.25, 0.3) is 0 Å². The molecule has 0 aliphatic heterocycles. The van der Waals surface area contributed by atoms with Gasteiger partial charge in [-0.15, -0.1) is 24.0 Å². The second-order valence-corrected chi connectivity index (χ2v) is 4.47. The third-order valence-electron chi connectivity index (χ3n) is 1.78. The number of methoxy groups -OCH3 is 1. The van der Waals surface area contributed by atoms with Crippen molar-refractivity contribution in [2.75, 3.05) is 7.11 Å². The first-order valence-corrected chi connectivity index (χ1v) is 4.93. The fourth-order valence-corrected chi connectivity index (χ4v) is 2.44. The molecule has 0 saturated carbocycles. The predicted molar refractivity (Wildman–Crippen MR) is 55.6 cm³/mol. The Kier molecular flexibility index (Phi) is 2.17. The minimum atomic E-state index is -0.258. The lowest BCUT2D eigenvalue weighted by atomic mass is 10.2. The number of hydrogen-bond donors (Lipinski definition) is 1. The molecule has 0 saturated heterocycles. The average Bonchev–Trinajstić information content (AvgIpc) is 2.46. The van der Waals surface area contributed by atoms with Crippen molar-refractivity contribution in [3.8, 4) is 5.75 Å². The third kappa shape index (κ3) is 1.51. The lowest BCUT2D eigenvalue weighted by Gasteiger charge is -1.99. The molecule has 0 fully saturated rings. The number of rotatable bonds is 1. The molecule has 0 radical (unpaired) electrons. The second-order valence-electron chi connectivity index (χ2n) is 2.61. The Labute approximate surface area is 84.6 Å². The molecule has 68 valence electrons. The highest BCUT2D eigenvalue weighted by atomic mass is 32.2. The first-order valence-electron chi connectivity index (χ1n) is 3.67. The van der Waals surface area contributed by atoms with Gasteiger partial charge in [0.1, 0.15) is 11.6 Å². The number of thiophene rings is 1. The molecule has 0 atom stereocenters. The molecule has 0 bridgehead atoms. The van der Waals surface area contributed by atoms with E-state index < -0.39 is 0 Å². The Balaban J connectivity index is 2.75. The van der Waals surface area contributed by atoms with E-state index in [0.29, 0.717) is 11.1 Å². The average molecular weight is 214 g/mol. The Morgan fingerprint density at radius 2 is 2.15 bits per heavy atom. The van der Waals surface area contributed by atoms with Crippen molar-refractivity contribution in [2.24, 2.45) is 0 Å². The number of thiol groups is 1. The highest BCUT2D eigenvalue weighted by Crippen LogP contribution is 2.32. The number of fused-ring (bicyclic) bond motifs is 1. The Morgan fingerprint density at radius 3 is 2.85 bits per heavy atom. The van der Waals surface area contributed by atoms with Gasteiger partial charge in [0, 0.05) is 16.2 Å². The Morgan fingerprint density at radius 1 is 1.38 bits per heavy atom. The molecule has 1 heterocycles. The van der Waals surface area contributed by atoms with Crippen molar-refractivity contribution >= 4 is 34.1 Å². The number of benzene rings is 1. The van der Waals surface area contributed by atoms with Gasteiger partial charge in [0.15, 0.2) is 0 Å². The van der Waals surface area contributed by atoms with E-state index in [1.54, 1.807) is 6.07 Å². The summed E-state index contributed by atoms with van der Waals surface area (Å²) in [6, 6.07) is 4.91. The molecule has 2 rings (SSSR count). The van der Waals surface area contributed by atoms with Crippen LogP contribution in [-0.4, -0.2) is 7.11 Å². The maximum Gasteiger partial charge on any atom is 0.135 e. The summed E-state index contributed by atoms with van der Waals surface area (Å²) in [5.41, 5.74) is 0. The summed E-state index contributed by atoms with van der Waals surface area (Å²) < 4.78 is 20.0. The van der Waals surface area contributed by atoms with Gasteiger partial charge in [-0.2, -0.15) is 0 Å². The van der Waals surface area contributed by atoms with Crippen molar-refractivity contribution in [2.45, 2.75) is 4.21 Å². The Bertz CT molecular complexity index is 450. The van der Waals surface area contributed by atoms with Crippen LogP contribution in [-0.2, 0) is 0 Å². The molecule has 1 aromatic heterocycles. The van der Waals surface area contributed by atoms with E-state index in [4.69, 9.17) is 4.74 Å². The molecular weight excluding hydrogens is 207 g/mol. The standard InChI is InChI=1S/C9H7FOS2/c1-11-5-2-7(10)6-4-9(12)13-8(6)3-5/h2-4,12H,1H3. The first kappa shape index (κ1) is 8.84. The zero-order valence-electron chi connectivity index (χ0n) is 6.87. The van der Waals surface area contributed by atoms with Crippen molar-refractivity contribution in [3.63, 3.8) is 0 Å². The monoisotopic (exact) mass is 214 g/mol. The van der Waals surface area contributed by atoms with Crippen LogP contribution in [0.2, 0.25) is 0 Å². The van der Waals surface area contributed by atoms with Crippen LogP contribution in [0.3, 0.4) is 0 Å².